The summed E-state index contributed by atoms with van der Waals surface area (Å²) >= 11 is 13.9. The molecule has 5 aliphatic rings. The quantitative estimate of drug-likeness (QED) is 0.0600. The lowest BCUT2D eigenvalue weighted by molar-refractivity contribution is -0.288. The molecule has 4 heterocycles. The van der Waals surface area contributed by atoms with Crippen LogP contribution in [-0.2, 0) is 23.2 Å². The summed E-state index contributed by atoms with van der Waals surface area (Å²) in [5.41, 5.74) is -5.43. The van der Waals surface area contributed by atoms with Gasteiger partial charge in [0.05, 0.1) is 78.1 Å². The Bertz CT molecular complexity index is 6250. The summed E-state index contributed by atoms with van der Waals surface area (Å²) in [5, 5.41) is -0.459. The normalized spacial score (nSPS) is 15.2. The van der Waals surface area contributed by atoms with Gasteiger partial charge < -0.3 is 0 Å². The lowest BCUT2D eigenvalue weighted by atomic mass is 9.66. The maximum Gasteiger partial charge on any atom is 0.417 e. The average Bonchev–Trinajstić information content (AvgIpc) is 1.59. The second-order valence-electron chi connectivity index (χ2n) is 31.1. The van der Waals surface area contributed by atoms with E-state index >= 15 is 57.5 Å². The van der Waals surface area contributed by atoms with Gasteiger partial charge in [0.25, 0.3) is 47.3 Å². The molecule has 0 aromatic heterocycles. The smallest absolute Gasteiger partial charge is 0.277 e. The third-order valence-electron chi connectivity index (χ3n) is 21.5. The van der Waals surface area contributed by atoms with Gasteiger partial charge in [-0.2, -0.15) is 52.7 Å². The van der Waals surface area contributed by atoms with Gasteiger partial charge in [0.2, 0.25) is 5.41 Å². The molecule has 10 aromatic carbocycles. The summed E-state index contributed by atoms with van der Waals surface area (Å²) in [6, 6.07) is 33.2. The van der Waals surface area contributed by atoms with Crippen molar-refractivity contribution in [2.24, 2.45) is 0 Å². The highest BCUT2D eigenvalue weighted by atomic mass is 35.5. The number of alkyl halides is 12. The van der Waals surface area contributed by atoms with Crippen molar-refractivity contribution in [2.45, 2.75) is 95.6 Å². The number of carbonyl (C=O) groups excluding carboxylic acids is 8. The zero-order valence-corrected chi connectivity index (χ0v) is 66.0. The van der Waals surface area contributed by atoms with E-state index < -0.39 is 177 Å². The first-order valence-corrected chi connectivity index (χ1v) is 43.4. The molecular formula is C88H58Cl2F12N4O8Si2. The lowest BCUT2D eigenvalue weighted by Gasteiger charge is -2.38. The minimum Gasteiger partial charge on any atom is -0.277 e. The van der Waals surface area contributed by atoms with Crippen LogP contribution in [0.2, 0.25) is 49.3 Å². The Kier molecular flexibility index (Phi) is 18.3. The topological polar surface area (TPSA) is 150 Å². The molecule has 4 aliphatic heterocycles. The number of amides is 8. The summed E-state index contributed by atoms with van der Waals surface area (Å²) in [7, 11) is -2.79. The van der Waals surface area contributed by atoms with Crippen LogP contribution in [0, 0.1) is 43.7 Å². The van der Waals surface area contributed by atoms with Gasteiger partial charge in [-0.15, -0.1) is 11.1 Å². The van der Waals surface area contributed by atoms with E-state index in [2.05, 4.69) is 105 Å². The SMILES string of the molecule is Cc1ccc(C2(c3ccc(N4C(=O)c5cc(Cl)c(-c6cc7c(cc6Cl)C(=O)N(c6ccc(-c8ccc(N9C(=O)c%10ccc(C(c%11ccc%12c(c%11)C(=O)N(C)C%12=O)(C(F)(F)F)C(F)(F)F)cc%10C9=O)cc8C(F)(F)F)c(C(F)(F)F)c6)C7=O)cc5C4=O)c(C)c3)c3cc(C#C[Si](C)(C)C)ccc3-c3ccc(C#C[Si](C)(C)C)cc32)cc1C. The molecule has 0 atom stereocenters. The Morgan fingerprint density at radius 1 is 0.336 bits per heavy atom. The van der Waals surface area contributed by atoms with E-state index in [9.17, 15) is 33.6 Å². The highest BCUT2D eigenvalue weighted by Gasteiger charge is 2.73. The van der Waals surface area contributed by atoms with Gasteiger partial charge in [0.15, 0.2) is 0 Å². The molecule has 0 saturated heterocycles. The second-order valence-corrected chi connectivity index (χ2v) is 41.4. The number of halogens is 14. The molecular weight excluding hydrogens is 1600 g/mol. The van der Waals surface area contributed by atoms with Crippen LogP contribution in [0.5, 0.6) is 0 Å². The first-order valence-electron chi connectivity index (χ1n) is 35.6. The van der Waals surface area contributed by atoms with Gasteiger partial charge in [-0.25, -0.2) is 14.7 Å². The number of fused-ring (bicyclic) bond motifs is 7. The fourth-order valence-electron chi connectivity index (χ4n) is 15.9. The Morgan fingerprint density at radius 2 is 0.690 bits per heavy atom. The van der Waals surface area contributed by atoms with Crippen molar-refractivity contribution in [3.63, 3.8) is 0 Å². The van der Waals surface area contributed by atoms with Crippen LogP contribution in [0.15, 0.2) is 170 Å². The van der Waals surface area contributed by atoms with E-state index in [1.54, 1.807) is 13.0 Å². The maximum atomic E-state index is 15.5. The second kappa shape index (κ2) is 26.8. The number of nitrogens with zero attached hydrogens (tertiary/aromatic N) is 4. The molecule has 12 nitrogen and oxygen atoms in total. The van der Waals surface area contributed by atoms with Crippen molar-refractivity contribution < 1.29 is 91.0 Å². The number of carbonyl (C=O) groups is 8. The van der Waals surface area contributed by atoms with Crippen LogP contribution < -0.4 is 14.7 Å². The van der Waals surface area contributed by atoms with Crippen molar-refractivity contribution in [2.75, 3.05) is 21.7 Å². The lowest BCUT2D eigenvalue weighted by Crippen LogP contribution is -2.55. The van der Waals surface area contributed by atoms with Crippen LogP contribution in [0.3, 0.4) is 0 Å². The molecule has 0 fully saturated rings. The van der Waals surface area contributed by atoms with Gasteiger partial charge in [0.1, 0.15) is 16.1 Å². The summed E-state index contributed by atoms with van der Waals surface area (Å²) in [5.74, 6) is -2.77. The van der Waals surface area contributed by atoms with Crippen LogP contribution in [0.25, 0.3) is 33.4 Å². The van der Waals surface area contributed by atoms with Gasteiger partial charge in [-0.3, -0.25) is 43.3 Å². The summed E-state index contributed by atoms with van der Waals surface area (Å²) in [6.45, 7) is 18.9. The van der Waals surface area contributed by atoms with Crippen LogP contribution in [-0.4, -0.2) is 87.7 Å². The number of hydrogen-bond acceptors (Lipinski definition) is 8. The zero-order valence-electron chi connectivity index (χ0n) is 62.5. The molecule has 8 amide bonds. The number of imide groups is 4. The number of rotatable bonds is 9. The van der Waals surface area contributed by atoms with E-state index in [0.717, 1.165) is 79.7 Å². The van der Waals surface area contributed by atoms with E-state index in [4.69, 9.17) is 23.2 Å². The van der Waals surface area contributed by atoms with Gasteiger partial charge >= 0.3 is 24.7 Å². The number of benzene rings is 10. The molecule has 0 unspecified atom stereocenters. The monoisotopic (exact) mass is 1650 g/mol. The summed E-state index contributed by atoms with van der Waals surface area (Å²) in [4.78, 5) is 114. The van der Waals surface area contributed by atoms with E-state index in [-0.39, 0.29) is 73.2 Å². The van der Waals surface area contributed by atoms with E-state index in [1.807, 2.05) is 38.1 Å². The standard InChI is InChI=1S/C88H58Cl2F12N4O8Si2/c1-43-11-14-48(31-44(43)2)83(68-33-46(27-29-115(5,6)7)12-20-54(68)55-21-13-47(34-69(55)83)28-30-116(8,9)10)49-17-26-74(45(3)32-49)106-81(113)65-40-61(73(90)42-67(65)82(106)114)60-39-64-66(41-72(60)89)80(112)105(79(64)111)53-19-25-57(71(38-53)86(94,95)96)56-24-18-52(37-70(56)85(91,92)93)104-77(109)59-23-16-51(36-63(59)78(104)110)84(87(97,98)99,88(100,101)102)50-15-22-58-62(35-50)76(108)103(4)75(58)107/h11-26,31-42H,1-10H3. The van der Waals surface area contributed by atoms with Crippen molar-refractivity contribution in [1.82, 2.24) is 4.90 Å². The molecule has 0 radical (unpaired) electrons. The van der Waals surface area contributed by atoms with Crippen LogP contribution >= 0.6 is 23.2 Å². The minimum absolute atomic E-state index is 0.0368. The third-order valence-corrected chi connectivity index (χ3v) is 23.8. The molecule has 0 saturated carbocycles. The van der Waals surface area contributed by atoms with Gasteiger partial charge in [-0.05, 0) is 196 Å². The predicted molar refractivity (Wildman–Crippen MR) is 418 cm³/mol. The fraction of sp³-hybridized carbons (Fsp3) is 0.182. The van der Waals surface area contributed by atoms with Crippen molar-refractivity contribution >= 4 is 104 Å². The summed E-state index contributed by atoms with van der Waals surface area (Å²) < 4.78 is 185. The maximum absolute atomic E-state index is 15.5. The number of hydrogen-bond donors (Lipinski definition) is 0. The highest BCUT2D eigenvalue weighted by Crippen LogP contribution is 2.60. The summed E-state index contributed by atoms with van der Waals surface area (Å²) in [6.07, 6.45) is -24.0. The first kappa shape index (κ1) is 79.3. The molecule has 15 rings (SSSR count). The van der Waals surface area contributed by atoms with Crippen molar-refractivity contribution in [1.29, 1.82) is 0 Å². The Hall–Kier alpha value is -11.9. The molecule has 0 spiro atoms. The van der Waals surface area contributed by atoms with Crippen molar-refractivity contribution in [3.05, 3.63) is 297 Å². The van der Waals surface area contributed by atoms with Crippen LogP contribution in [0.1, 0.15) is 155 Å². The Labute approximate surface area is 666 Å². The number of anilines is 3. The third kappa shape index (κ3) is 12.4. The Morgan fingerprint density at radius 3 is 1.09 bits per heavy atom. The number of aryl methyl sites for hydroxylation is 3. The van der Waals surface area contributed by atoms with E-state index in [0.29, 0.717) is 57.8 Å². The molecule has 116 heavy (non-hydrogen) atoms. The van der Waals surface area contributed by atoms with Gasteiger partial charge in [0, 0.05) is 39.3 Å². The molecule has 584 valence electrons. The minimum atomic E-state index is -6.37. The highest BCUT2D eigenvalue weighted by molar-refractivity contribution is 6.84. The van der Waals surface area contributed by atoms with Crippen molar-refractivity contribution in [3.8, 4) is 56.3 Å². The predicted octanol–water partition coefficient (Wildman–Crippen LogP) is 21.1. The first-order chi connectivity index (χ1) is 54.1. The van der Waals surface area contributed by atoms with E-state index in [1.165, 1.54) is 12.1 Å². The molecule has 0 N–H and O–H groups in total. The molecule has 1 aliphatic carbocycles. The molecule has 0 bridgehead atoms. The molecule has 28 heteroatoms. The fourth-order valence-corrected chi connectivity index (χ4v) is 17.4. The average molecular weight is 1650 g/mol. The van der Waals surface area contributed by atoms with Crippen LogP contribution in [0.4, 0.5) is 69.7 Å². The zero-order chi connectivity index (χ0) is 84.0. The molecule has 10 aromatic rings. The largest absolute Gasteiger partial charge is 0.417 e. The van der Waals surface area contributed by atoms with Gasteiger partial charge in [-0.1, -0.05) is 141 Å². The Balaban J connectivity index is 0.740.